The van der Waals surface area contributed by atoms with E-state index in [4.69, 9.17) is 5.26 Å². The molecule has 0 aliphatic heterocycles. The second kappa shape index (κ2) is 13.9. The third-order valence-corrected chi connectivity index (χ3v) is 6.71. The molecule has 200 valence electrons. The number of hydrogen-bond acceptors (Lipinski definition) is 3. The Labute approximate surface area is 248 Å². The fraction of sp³-hybridized carbons (Fsp3) is 0.212. The van der Waals surface area contributed by atoms with Crippen LogP contribution in [-0.4, -0.2) is 27.7 Å². The van der Waals surface area contributed by atoms with Gasteiger partial charge in [-0.3, -0.25) is 0 Å². The Morgan fingerprint density at radius 2 is 1.41 bits per heavy atom. The van der Waals surface area contributed by atoms with Gasteiger partial charge in [-0.1, -0.05) is 24.3 Å². The van der Waals surface area contributed by atoms with Crippen LogP contribution in [0.2, 0.25) is 0 Å². The van der Waals surface area contributed by atoms with Crippen molar-refractivity contribution in [2.45, 2.75) is 19.9 Å². The molecule has 4 aromatic rings. The maximum atomic E-state index is 13.7. The normalized spacial score (nSPS) is 10.7. The van der Waals surface area contributed by atoms with Crippen LogP contribution in [0.3, 0.4) is 0 Å². The molecular formula is C33H34FIN4. The first kappa shape index (κ1) is 29.9. The predicted octanol–water partition coefficient (Wildman–Crippen LogP) is 4.06. The molecule has 3 aromatic carbocycles. The summed E-state index contributed by atoms with van der Waals surface area (Å²) in [6, 6.07) is 30.2. The quantitative estimate of drug-likeness (QED) is 0.206. The van der Waals surface area contributed by atoms with Crippen molar-refractivity contribution in [2.75, 3.05) is 37.5 Å². The van der Waals surface area contributed by atoms with E-state index >= 15 is 0 Å². The van der Waals surface area contributed by atoms with Crippen molar-refractivity contribution in [3.8, 4) is 28.5 Å². The van der Waals surface area contributed by atoms with Gasteiger partial charge >= 0.3 is 0 Å². The van der Waals surface area contributed by atoms with E-state index in [0.717, 1.165) is 51.6 Å². The SMILES string of the molecule is CC[n+]1c(/C=C/c2ccc(N(C)C)cc2)cc(-c2ccc(N(C)CCC#N)cc2)cc1-c1ccc(F)cc1.[I-]. The van der Waals surface area contributed by atoms with Crippen LogP contribution in [0.4, 0.5) is 15.8 Å². The van der Waals surface area contributed by atoms with Gasteiger partial charge in [0.15, 0.2) is 0 Å². The average Bonchev–Trinajstić information content (AvgIpc) is 2.95. The maximum absolute atomic E-state index is 13.7. The Balaban J connectivity index is 0.00000420. The molecule has 0 bridgehead atoms. The van der Waals surface area contributed by atoms with Gasteiger partial charge < -0.3 is 33.8 Å². The molecule has 0 unspecified atom stereocenters. The van der Waals surface area contributed by atoms with E-state index in [1.54, 1.807) is 0 Å². The van der Waals surface area contributed by atoms with E-state index in [9.17, 15) is 4.39 Å². The molecule has 39 heavy (non-hydrogen) atoms. The molecule has 0 atom stereocenters. The number of rotatable bonds is 9. The van der Waals surface area contributed by atoms with Crippen molar-refractivity contribution >= 4 is 23.5 Å². The van der Waals surface area contributed by atoms with Gasteiger partial charge in [-0.05, 0) is 78.2 Å². The molecule has 1 heterocycles. The fourth-order valence-corrected chi connectivity index (χ4v) is 4.48. The summed E-state index contributed by atoms with van der Waals surface area (Å²) in [6.07, 6.45) is 4.77. The van der Waals surface area contributed by atoms with Crippen LogP contribution in [0.5, 0.6) is 0 Å². The van der Waals surface area contributed by atoms with Gasteiger partial charge in [-0.15, -0.1) is 0 Å². The van der Waals surface area contributed by atoms with Gasteiger partial charge in [-0.25, -0.2) is 4.39 Å². The minimum Gasteiger partial charge on any atom is -1.00 e. The summed E-state index contributed by atoms with van der Waals surface area (Å²) in [5.41, 5.74) is 8.60. The van der Waals surface area contributed by atoms with Crippen LogP contribution < -0.4 is 38.3 Å². The Morgan fingerprint density at radius 3 is 2.00 bits per heavy atom. The third kappa shape index (κ3) is 7.45. The zero-order chi connectivity index (χ0) is 27.1. The molecule has 0 aliphatic carbocycles. The van der Waals surface area contributed by atoms with Crippen LogP contribution in [0.25, 0.3) is 34.5 Å². The number of aromatic nitrogens is 1. The second-order valence-corrected chi connectivity index (χ2v) is 9.50. The summed E-state index contributed by atoms with van der Waals surface area (Å²) in [7, 11) is 6.07. The molecule has 0 amide bonds. The van der Waals surface area contributed by atoms with Gasteiger partial charge in [-0.2, -0.15) is 9.83 Å². The van der Waals surface area contributed by atoms with E-state index in [1.165, 1.54) is 12.1 Å². The zero-order valence-electron chi connectivity index (χ0n) is 22.9. The molecule has 1 aromatic heterocycles. The van der Waals surface area contributed by atoms with Gasteiger partial charge in [0.05, 0.1) is 12.5 Å². The number of benzene rings is 3. The van der Waals surface area contributed by atoms with Crippen molar-refractivity contribution < 1.29 is 32.9 Å². The highest BCUT2D eigenvalue weighted by Crippen LogP contribution is 2.28. The molecule has 6 heteroatoms. The van der Waals surface area contributed by atoms with E-state index in [0.29, 0.717) is 13.0 Å². The highest BCUT2D eigenvalue weighted by molar-refractivity contribution is 5.75. The summed E-state index contributed by atoms with van der Waals surface area (Å²) in [4.78, 5) is 4.17. The summed E-state index contributed by atoms with van der Waals surface area (Å²) in [5, 5.41) is 8.90. The van der Waals surface area contributed by atoms with Crippen LogP contribution >= 0.6 is 0 Å². The van der Waals surface area contributed by atoms with Crippen LogP contribution in [0.1, 0.15) is 24.6 Å². The number of halogens is 2. The van der Waals surface area contributed by atoms with Crippen molar-refractivity contribution in [2.24, 2.45) is 0 Å². The van der Waals surface area contributed by atoms with Crippen molar-refractivity contribution in [3.63, 3.8) is 0 Å². The molecule has 0 radical (unpaired) electrons. The molecule has 0 aliphatic rings. The number of nitrogens with zero attached hydrogens (tertiary/aromatic N) is 4. The first-order valence-corrected chi connectivity index (χ1v) is 12.9. The van der Waals surface area contributed by atoms with Crippen LogP contribution in [0.15, 0.2) is 84.9 Å². The van der Waals surface area contributed by atoms with Gasteiger partial charge in [0.25, 0.3) is 0 Å². The second-order valence-electron chi connectivity index (χ2n) is 9.50. The summed E-state index contributed by atoms with van der Waals surface area (Å²) >= 11 is 0. The zero-order valence-corrected chi connectivity index (χ0v) is 25.1. The smallest absolute Gasteiger partial charge is 0.213 e. The van der Waals surface area contributed by atoms with Crippen LogP contribution in [-0.2, 0) is 6.54 Å². The Morgan fingerprint density at radius 1 is 0.795 bits per heavy atom. The lowest BCUT2D eigenvalue weighted by molar-refractivity contribution is -0.684. The molecule has 4 nitrogen and oxygen atoms in total. The lowest BCUT2D eigenvalue weighted by Gasteiger charge is -2.18. The summed E-state index contributed by atoms with van der Waals surface area (Å²) in [5.74, 6) is -0.245. The third-order valence-electron chi connectivity index (χ3n) is 6.71. The van der Waals surface area contributed by atoms with E-state index < -0.39 is 0 Å². The maximum Gasteiger partial charge on any atom is 0.213 e. The minimum absolute atomic E-state index is 0. The number of nitriles is 1. The van der Waals surface area contributed by atoms with Crippen molar-refractivity contribution in [1.29, 1.82) is 5.26 Å². The highest BCUT2D eigenvalue weighted by atomic mass is 127. The molecule has 0 spiro atoms. The molecular weight excluding hydrogens is 598 g/mol. The number of hydrogen-bond donors (Lipinski definition) is 0. The fourth-order valence-electron chi connectivity index (χ4n) is 4.48. The first-order chi connectivity index (χ1) is 18.4. The summed E-state index contributed by atoms with van der Waals surface area (Å²) in [6.45, 7) is 3.59. The van der Waals surface area contributed by atoms with Crippen molar-refractivity contribution in [1.82, 2.24) is 0 Å². The molecule has 0 fully saturated rings. The number of pyridine rings is 1. The van der Waals surface area contributed by atoms with E-state index in [1.807, 2.05) is 33.3 Å². The van der Waals surface area contributed by atoms with Gasteiger partial charge in [0.1, 0.15) is 12.4 Å². The van der Waals surface area contributed by atoms with E-state index in [2.05, 4.69) is 100 Å². The lowest BCUT2D eigenvalue weighted by Crippen LogP contribution is -3.00. The molecule has 0 saturated heterocycles. The number of anilines is 2. The first-order valence-electron chi connectivity index (χ1n) is 12.9. The average molecular weight is 633 g/mol. The van der Waals surface area contributed by atoms with Crippen molar-refractivity contribution in [3.05, 3.63) is 102 Å². The minimum atomic E-state index is -0.245. The Bertz CT molecular complexity index is 1440. The topological polar surface area (TPSA) is 34.1 Å². The highest BCUT2D eigenvalue weighted by Gasteiger charge is 2.19. The predicted molar refractivity (Wildman–Crippen MR) is 156 cm³/mol. The summed E-state index contributed by atoms with van der Waals surface area (Å²) < 4.78 is 16.0. The van der Waals surface area contributed by atoms with E-state index in [-0.39, 0.29) is 29.8 Å². The monoisotopic (exact) mass is 632 g/mol. The molecule has 0 saturated carbocycles. The van der Waals surface area contributed by atoms with Gasteiger partial charge in [0.2, 0.25) is 11.4 Å². The Hall–Kier alpha value is -3.70. The van der Waals surface area contributed by atoms with Gasteiger partial charge in [0, 0.05) is 62.8 Å². The lowest BCUT2D eigenvalue weighted by atomic mass is 10.0. The molecule has 4 rings (SSSR count). The van der Waals surface area contributed by atoms with Crippen LogP contribution in [0, 0.1) is 17.1 Å². The largest absolute Gasteiger partial charge is 1.00 e. The standard InChI is InChI=1S/C33H34FN4.HI/c1-5-38-32(18-9-25-7-16-30(17-8-25)36(2)3)23-28(24-33(38)27-10-14-29(34)15-11-27)26-12-19-31(20-13-26)37(4)22-6-21-35;/h7-20,23-24H,5-6,22H2,1-4H3;1H/q+1;/p-1. The molecule has 0 N–H and O–H groups in total. The Kier molecular flexibility index (Phi) is 10.6.